The van der Waals surface area contributed by atoms with Gasteiger partial charge in [0, 0.05) is 10.9 Å². The Kier molecular flexibility index (Phi) is 6.07. The number of hydrogen-bond donors (Lipinski definition) is 1. The molecule has 0 aliphatic carbocycles. The smallest absolute Gasteiger partial charge is 0.272 e. The van der Waals surface area contributed by atoms with E-state index in [1.165, 1.54) is 18.3 Å². The zero-order valence-corrected chi connectivity index (χ0v) is 17.5. The standard InChI is InChI=1S/C25H20FN3O3/c1-31-23-12-7-16(13-24(23)32-2)15-27-29-25(30)20-14-22(17-8-10-18(26)11-9-17)28-21-6-4-3-5-19(20)21/h3-15H,1-2H3,(H,29,30)/b27-15+. The van der Waals surface area contributed by atoms with E-state index >= 15 is 0 Å². The van der Waals surface area contributed by atoms with Crippen molar-refractivity contribution in [1.82, 2.24) is 10.4 Å². The van der Waals surface area contributed by atoms with E-state index in [0.717, 1.165) is 5.56 Å². The molecule has 3 aromatic carbocycles. The van der Waals surface area contributed by atoms with Crippen LogP contribution in [0, 0.1) is 5.82 Å². The maximum absolute atomic E-state index is 13.3. The summed E-state index contributed by atoms with van der Waals surface area (Å²) in [6, 6.07) is 20.3. The summed E-state index contributed by atoms with van der Waals surface area (Å²) in [6.45, 7) is 0. The Bertz CT molecular complexity index is 1300. The lowest BCUT2D eigenvalue weighted by atomic mass is 10.0. The van der Waals surface area contributed by atoms with Gasteiger partial charge in [0.1, 0.15) is 5.82 Å². The van der Waals surface area contributed by atoms with Crippen LogP contribution in [-0.4, -0.2) is 31.3 Å². The predicted octanol–water partition coefficient (Wildman–Crippen LogP) is 4.82. The summed E-state index contributed by atoms with van der Waals surface area (Å²) in [5.74, 6) is 0.442. The first-order chi connectivity index (χ1) is 15.6. The number of fused-ring (bicyclic) bond motifs is 1. The maximum Gasteiger partial charge on any atom is 0.272 e. The lowest BCUT2D eigenvalue weighted by Gasteiger charge is -2.09. The summed E-state index contributed by atoms with van der Waals surface area (Å²) >= 11 is 0. The summed E-state index contributed by atoms with van der Waals surface area (Å²) in [6.07, 6.45) is 1.52. The monoisotopic (exact) mass is 429 g/mol. The van der Waals surface area contributed by atoms with Gasteiger partial charge in [0.15, 0.2) is 11.5 Å². The second kappa shape index (κ2) is 9.26. The van der Waals surface area contributed by atoms with E-state index in [-0.39, 0.29) is 11.7 Å². The minimum atomic E-state index is -0.385. The highest BCUT2D eigenvalue weighted by Crippen LogP contribution is 2.27. The molecule has 1 amide bonds. The maximum atomic E-state index is 13.3. The number of ether oxygens (including phenoxy) is 2. The van der Waals surface area contributed by atoms with Crippen molar-refractivity contribution < 1.29 is 18.7 Å². The number of methoxy groups -OCH3 is 2. The van der Waals surface area contributed by atoms with E-state index in [2.05, 4.69) is 15.5 Å². The highest BCUT2D eigenvalue weighted by molar-refractivity contribution is 6.07. The van der Waals surface area contributed by atoms with Gasteiger partial charge in [-0.1, -0.05) is 18.2 Å². The van der Waals surface area contributed by atoms with E-state index in [0.29, 0.717) is 39.2 Å². The predicted molar refractivity (Wildman–Crippen MR) is 122 cm³/mol. The number of rotatable bonds is 6. The number of amides is 1. The average molecular weight is 429 g/mol. The Balaban J connectivity index is 1.63. The van der Waals surface area contributed by atoms with E-state index in [1.807, 2.05) is 24.3 Å². The highest BCUT2D eigenvalue weighted by atomic mass is 19.1. The first kappa shape index (κ1) is 21.0. The molecular formula is C25H20FN3O3. The molecule has 1 aromatic heterocycles. The number of hydrogen-bond acceptors (Lipinski definition) is 5. The summed E-state index contributed by atoms with van der Waals surface area (Å²) in [7, 11) is 3.11. The van der Waals surface area contributed by atoms with Crippen LogP contribution in [0.25, 0.3) is 22.2 Å². The number of benzene rings is 3. The number of hydrazone groups is 1. The number of carbonyl (C=O) groups is 1. The number of pyridine rings is 1. The van der Waals surface area contributed by atoms with E-state index in [1.54, 1.807) is 50.6 Å². The molecule has 0 fully saturated rings. The van der Waals surface area contributed by atoms with E-state index < -0.39 is 0 Å². The summed E-state index contributed by atoms with van der Waals surface area (Å²) in [5.41, 5.74) is 5.64. The molecular weight excluding hydrogens is 409 g/mol. The van der Waals surface area contributed by atoms with Crippen molar-refractivity contribution in [2.24, 2.45) is 5.10 Å². The van der Waals surface area contributed by atoms with Gasteiger partial charge in [0.05, 0.1) is 37.2 Å². The fourth-order valence-corrected chi connectivity index (χ4v) is 3.29. The van der Waals surface area contributed by atoms with Gasteiger partial charge in [-0.15, -0.1) is 0 Å². The Morgan fingerprint density at radius 3 is 2.47 bits per heavy atom. The van der Waals surface area contributed by atoms with Crippen LogP contribution in [0.1, 0.15) is 15.9 Å². The van der Waals surface area contributed by atoms with Gasteiger partial charge in [-0.3, -0.25) is 4.79 Å². The summed E-state index contributed by atoms with van der Waals surface area (Å²) in [5, 5.41) is 4.77. The molecule has 0 bridgehead atoms. The number of aromatic nitrogens is 1. The molecule has 0 unspecified atom stereocenters. The first-order valence-electron chi connectivity index (χ1n) is 9.80. The van der Waals surface area contributed by atoms with Crippen LogP contribution in [-0.2, 0) is 0 Å². The molecule has 160 valence electrons. The molecule has 0 saturated carbocycles. The van der Waals surface area contributed by atoms with Crippen molar-refractivity contribution in [2.75, 3.05) is 14.2 Å². The second-order valence-corrected chi connectivity index (χ2v) is 6.89. The molecule has 6 nitrogen and oxygen atoms in total. The lowest BCUT2D eigenvalue weighted by molar-refractivity contribution is 0.0956. The molecule has 0 saturated heterocycles. The number of halogens is 1. The van der Waals surface area contributed by atoms with Gasteiger partial charge in [0.25, 0.3) is 5.91 Å². The molecule has 0 radical (unpaired) electrons. The number of para-hydroxylation sites is 1. The molecule has 1 N–H and O–H groups in total. The highest BCUT2D eigenvalue weighted by Gasteiger charge is 2.14. The first-order valence-corrected chi connectivity index (χ1v) is 9.80. The van der Waals surface area contributed by atoms with Gasteiger partial charge < -0.3 is 9.47 Å². The fourth-order valence-electron chi connectivity index (χ4n) is 3.29. The quantitative estimate of drug-likeness (QED) is 0.352. The minimum absolute atomic E-state index is 0.336. The molecule has 1 heterocycles. The second-order valence-electron chi connectivity index (χ2n) is 6.89. The number of nitrogens with one attached hydrogen (secondary N) is 1. The van der Waals surface area contributed by atoms with Crippen molar-refractivity contribution in [1.29, 1.82) is 0 Å². The van der Waals surface area contributed by atoms with Gasteiger partial charge in [-0.05, 0) is 60.2 Å². The van der Waals surface area contributed by atoms with E-state index in [9.17, 15) is 9.18 Å². The Hall–Kier alpha value is -4.26. The third kappa shape index (κ3) is 4.41. The van der Waals surface area contributed by atoms with Crippen molar-refractivity contribution in [3.05, 3.63) is 89.7 Å². The van der Waals surface area contributed by atoms with Gasteiger partial charge >= 0.3 is 0 Å². The average Bonchev–Trinajstić information content (AvgIpc) is 2.83. The van der Waals surface area contributed by atoms with Crippen molar-refractivity contribution in [3.63, 3.8) is 0 Å². The fraction of sp³-hybridized carbons (Fsp3) is 0.0800. The van der Waals surface area contributed by atoms with Crippen molar-refractivity contribution in [3.8, 4) is 22.8 Å². The molecule has 0 atom stereocenters. The third-order valence-electron chi connectivity index (χ3n) is 4.89. The Labute approximate surface area is 184 Å². The zero-order chi connectivity index (χ0) is 22.5. The normalized spacial score (nSPS) is 11.0. The molecule has 4 aromatic rings. The molecule has 0 aliphatic rings. The molecule has 0 aliphatic heterocycles. The summed E-state index contributed by atoms with van der Waals surface area (Å²) in [4.78, 5) is 17.6. The molecule has 32 heavy (non-hydrogen) atoms. The molecule has 7 heteroatoms. The number of carbonyl (C=O) groups excluding carboxylic acids is 1. The van der Waals surface area contributed by atoms with Gasteiger partial charge in [-0.2, -0.15) is 5.10 Å². The van der Waals surface area contributed by atoms with Crippen LogP contribution >= 0.6 is 0 Å². The molecule has 0 spiro atoms. The topological polar surface area (TPSA) is 72.8 Å². The van der Waals surface area contributed by atoms with Crippen LogP contribution in [0.4, 0.5) is 4.39 Å². The Morgan fingerprint density at radius 2 is 1.72 bits per heavy atom. The SMILES string of the molecule is COc1ccc(/C=N/NC(=O)c2cc(-c3ccc(F)cc3)nc3ccccc23)cc1OC. The van der Waals surface area contributed by atoms with Crippen molar-refractivity contribution in [2.45, 2.75) is 0 Å². The largest absolute Gasteiger partial charge is 0.493 e. The van der Waals surface area contributed by atoms with E-state index in [4.69, 9.17) is 9.47 Å². The van der Waals surface area contributed by atoms with Crippen LogP contribution in [0.15, 0.2) is 77.9 Å². The third-order valence-corrected chi connectivity index (χ3v) is 4.89. The van der Waals surface area contributed by atoms with Gasteiger partial charge in [-0.25, -0.2) is 14.8 Å². The zero-order valence-electron chi connectivity index (χ0n) is 17.5. The Morgan fingerprint density at radius 1 is 0.969 bits per heavy atom. The number of nitrogens with zero attached hydrogens (tertiary/aromatic N) is 2. The van der Waals surface area contributed by atoms with Crippen molar-refractivity contribution >= 4 is 23.0 Å². The van der Waals surface area contributed by atoms with Gasteiger partial charge in [0.2, 0.25) is 0 Å². The lowest BCUT2D eigenvalue weighted by Crippen LogP contribution is -2.18. The van der Waals surface area contributed by atoms with Crippen LogP contribution in [0.2, 0.25) is 0 Å². The van der Waals surface area contributed by atoms with Crippen LogP contribution in [0.5, 0.6) is 11.5 Å². The van der Waals surface area contributed by atoms with Crippen LogP contribution in [0.3, 0.4) is 0 Å². The molecule has 4 rings (SSSR count). The minimum Gasteiger partial charge on any atom is -0.493 e. The van der Waals surface area contributed by atoms with Crippen LogP contribution < -0.4 is 14.9 Å². The summed E-state index contributed by atoms with van der Waals surface area (Å²) < 4.78 is 23.8.